The van der Waals surface area contributed by atoms with E-state index in [1.54, 1.807) is 11.3 Å². The minimum Gasteiger partial charge on any atom is -0.340 e. The molecule has 5 rings (SSSR count). The Hall–Kier alpha value is -3.12. The van der Waals surface area contributed by atoms with Gasteiger partial charge in [-0.25, -0.2) is 4.98 Å². The van der Waals surface area contributed by atoms with E-state index < -0.39 is 0 Å². The lowest BCUT2D eigenvalue weighted by Gasteiger charge is -2.11. The van der Waals surface area contributed by atoms with Crippen molar-refractivity contribution in [1.82, 2.24) is 4.98 Å². The number of hydrogen-bond donors (Lipinski definition) is 1. The van der Waals surface area contributed by atoms with Crippen LogP contribution in [0.25, 0.3) is 21.0 Å². The maximum absolute atomic E-state index is 4.94. The van der Waals surface area contributed by atoms with E-state index in [9.17, 15) is 0 Å². The van der Waals surface area contributed by atoms with Crippen LogP contribution in [0.2, 0.25) is 0 Å². The molecule has 27 heavy (non-hydrogen) atoms. The first kappa shape index (κ1) is 16.1. The fraction of sp³-hybridized carbons (Fsp3) is 0.143. The van der Waals surface area contributed by atoms with Gasteiger partial charge in [0.15, 0.2) is 0 Å². The van der Waals surface area contributed by atoms with Gasteiger partial charge < -0.3 is 5.32 Å². The van der Waals surface area contributed by atoms with Gasteiger partial charge >= 0.3 is 0 Å². The van der Waals surface area contributed by atoms with Crippen LogP contribution < -0.4 is 5.32 Å². The Morgan fingerprint density at radius 3 is 2.89 bits per heavy atom. The standard InChI is InChI=1S/C21H17N5S/c1-2-13-4-3-5-15(10-13)23-21-17-8-9-27-20(17)16-7-6-14(11-18(16)24-21)19-12-22-26-25-19/h3-11H,2,12H2,1H3,(H,23,24). The second kappa shape index (κ2) is 6.55. The Kier molecular flexibility index (Phi) is 3.90. The Labute approximate surface area is 160 Å². The van der Waals surface area contributed by atoms with Crippen molar-refractivity contribution in [3.05, 3.63) is 65.0 Å². The second-order valence-electron chi connectivity index (χ2n) is 6.47. The van der Waals surface area contributed by atoms with Gasteiger partial charge in [0.1, 0.15) is 12.4 Å². The molecule has 0 atom stereocenters. The SMILES string of the molecule is CCc1cccc(Nc2nc3cc(C4=NN=NC4)ccc3c3sccc23)c1. The zero-order chi connectivity index (χ0) is 18.2. The molecule has 0 saturated heterocycles. The molecule has 2 aromatic heterocycles. The molecule has 132 valence electrons. The summed E-state index contributed by atoms with van der Waals surface area (Å²) >= 11 is 1.74. The molecule has 0 amide bonds. The first-order valence-electron chi connectivity index (χ1n) is 8.92. The topological polar surface area (TPSA) is 62.0 Å². The van der Waals surface area contributed by atoms with Gasteiger partial charge in [-0.2, -0.15) is 5.11 Å². The highest BCUT2D eigenvalue weighted by atomic mass is 32.1. The summed E-state index contributed by atoms with van der Waals surface area (Å²) in [6, 6.07) is 16.9. The van der Waals surface area contributed by atoms with Gasteiger partial charge in [-0.3, -0.25) is 0 Å². The molecular weight excluding hydrogens is 354 g/mol. The Balaban J connectivity index is 1.64. The summed E-state index contributed by atoms with van der Waals surface area (Å²) in [4.78, 5) is 4.94. The number of nitrogens with one attached hydrogen (secondary N) is 1. The molecule has 5 nitrogen and oxygen atoms in total. The third kappa shape index (κ3) is 2.88. The fourth-order valence-electron chi connectivity index (χ4n) is 3.35. The van der Waals surface area contributed by atoms with Crippen molar-refractivity contribution >= 4 is 49.5 Å². The van der Waals surface area contributed by atoms with E-state index >= 15 is 0 Å². The number of aromatic nitrogens is 1. The van der Waals surface area contributed by atoms with Crippen LogP contribution in [0.5, 0.6) is 0 Å². The smallest absolute Gasteiger partial charge is 0.139 e. The van der Waals surface area contributed by atoms with Crippen LogP contribution in [0.3, 0.4) is 0 Å². The number of thiophene rings is 1. The van der Waals surface area contributed by atoms with Crippen LogP contribution in [0.1, 0.15) is 18.1 Å². The van der Waals surface area contributed by atoms with Crippen molar-refractivity contribution < 1.29 is 0 Å². The predicted molar refractivity (Wildman–Crippen MR) is 112 cm³/mol. The number of nitrogens with zero attached hydrogens (tertiary/aromatic N) is 4. The zero-order valence-corrected chi connectivity index (χ0v) is 15.6. The first-order valence-corrected chi connectivity index (χ1v) is 9.80. The summed E-state index contributed by atoms with van der Waals surface area (Å²) in [6.45, 7) is 2.69. The fourth-order valence-corrected chi connectivity index (χ4v) is 4.28. The van der Waals surface area contributed by atoms with Crippen LogP contribution in [-0.4, -0.2) is 17.2 Å². The van der Waals surface area contributed by atoms with E-state index in [0.717, 1.165) is 45.5 Å². The monoisotopic (exact) mass is 371 g/mol. The summed E-state index contributed by atoms with van der Waals surface area (Å²) in [6.07, 6.45) is 1.01. The maximum Gasteiger partial charge on any atom is 0.139 e. The summed E-state index contributed by atoms with van der Waals surface area (Å²) in [5.74, 6) is 0.881. The van der Waals surface area contributed by atoms with Gasteiger partial charge in [-0.15, -0.1) is 16.4 Å². The highest BCUT2D eigenvalue weighted by Gasteiger charge is 2.13. The van der Waals surface area contributed by atoms with Crippen molar-refractivity contribution in [1.29, 1.82) is 0 Å². The van der Waals surface area contributed by atoms with Crippen molar-refractivity contribution in [2.24, 2.45) is 15.4 Å². The molecular formula is C21H17N5S. The molecule has 3 heterocycles. The molecule has 0 radical (unpaired) electrons. The average Bonchev–Trinajstić information content (AvgIpc) is 3.40. The Morgan fingerprint density at radius 1 is 1.07 bits per heavy atom. The molecule has 0 spiro atoms. The molecule has 1 aliphatic heterocycles. The molecule has 0 bridgehead atoms. The molecule has 0 aliphatic carbocycles. The van der Waals surface area contributed by atoms with Crippen molar-refractivity contribution in [2.75, 3.05) is 11.9 Å². The average molecular weight is 371 g/mol. The summed E-state index contributed by atoms with van der Waals surface area (Å²) in [5.41, 5.74) is 5.22. The van der Waals surface area contributed by atoms with Crippen molar-refractivity contribution in [3.8, 4) is 0 Å². The Morgan fingerprint density at radius 2 is 2.04 bits per heavy atom. The van der Waals surface area contributed by atoms with Gasteiger partial charge in [0, 0.05) is 26.7 Å². The number of aryl methyl sites for hydroxylation is 1. The van der Waals surface area contributed by atoms with Crippen LogP contribution in [-0.2, 0) is 6.42 Å². The van der Waals surface area contributed by atoms with Gasteiger partial charge in [-0.05, 0) is 46.9 Å². The summed E-state index contributed by atoms with van der Waals surface area (Å²) in [5, 5.41) is 19.7. The van der Waals surface area contributed by atoms with Gasteiger partial charge in [-0.1, -0.05) is 31.2 Å². The Bertz CT molecular complexity index is 1220. The molecule has 1 N–H and O–H groups in total. The second-order valence-corrected chi connectivity index (χ2v) is 7.39. The largest absolute Gasteiger partial charge is 0.340 e. The number of pyridine rings is 1. The lowest BCUT2D eigenvalue weighted by Crippen LogP contribution is -2.02. The number of anilines is 2. The minimum absolute atomic E-state index is 0.529. The highest BCUT2D eigenvalue weighted by molar-refractivity contribution is 7.18. The third-order valence-electron chi connectivity index (χ3n) is 4.78. The van der Waals surface area contributed by atoms with E-state index in [4.69, 9.17) is 4.98 Å². The third-order valence-corrected chi connectivity index (χ3v) is 5.72. The van der Waals surface area contributed by atoms with Crippen LogP contribution in [0.4, 0.5) is 11.5 Å². The summed E-state index contributed by atoms with van der Waals surface area (Å²) in [7, 11) is 0. The summed E-state index contributed by atoms with van der Waals surface area (Å²) < 4.78 is 1.24. The molecule has 0 unspecified atom stereocenters. The van der Waals surface area contributed by atoms with E-state index in [1.165, 1.54) is 10.3 Å². The number of fused-ring (bicyclic) bond motifs is 3. The molecule has 1 aliphatic rings. The number of rotatable bonds is 4. The molecule has 2 aromatic carbocycles. The number of hydrogen-bond acceptors (Lipinski definition) is 6. The van der Waals surface area contributed by atoms with E-state index in [2.05, 4.69) is 81.6 Å². The quantitative estimate of drug-likeness (QED) is 0.483. The van der Waals surface area contributed by atoms with Crippen LogP contribution in [0.15, 0.2) is 69.3 Å². The van der Waals surface area contributed by atoms with E-state index in [-0.39, 0.29) is 0 Å². The molecule has 0 saturated carbocycles. The highest BCUT2D eigenvalue weighted by Crippen LogP contribution is 2.35. The van der Waals surface area contributed by atoms with Crippen LogP contribution >= 0.6 is 11.3 Å². The van der Waals surface area contributed by atoms with Crippen molar-refractivity contribution in [2.45, 2.75) is 13.3 Å². The normalized spacial score (nSPS) is 13.4. The van der Waals surface area contributed by atoms with Crippen LogP contribution in [0, 0.1) is 0 Å². The minimum atomic E-state index is 0.529. The van der Waals surface area contributed by atoms with E-state index in [0.29, 0.717) is 6.54 Å². The predicted octanol–water partition coefficient (Wildman–Crippen LogP) is 5.93. The lowest BCUT2D eigenvalue weighted by molar-refractivity contribution is 1.06. The van der Waals surface area contributed by atoms with Gasteiger partial charge in [0.25, 0.3) is 0 Å². The van der Waals surface area contributed by atoms with Gasteiger partial charge in [0.2, 0.25) is 0 Å². The lowest BCUT2D eigenvalue weighted by atomic mass is 10.1. The van der Waals surface area contributed by atoms with Gasteiger partial charge in [0.05, 0.1) is 11.2 Å². The van der Waals surface area contributed by atoms with E-state index in [1.807, 2.05) is 0 Å². The zero-order valence-electron chi connectivity index (χ0n) is 14.8. The molecule has 6 heteroatoms. The molecule has 0 fully saturated rings. The van der Waals surface area contributed by atoms with Crippen molar-refractivity contribution in [3.63, 3.8) is 0 Å². The number of benzene rings is 2. The first-order chi connectivity index (χ1) is 13.3. The molecule has 4 aromatic rings. The maximum atomic E-state index is 4.94.